The molecule has 1 saturated carbocycles. The van der Waals surface area contributed by atoms with E-state index >= 15 is 0 Å². The molecule has 2 aliphatic heterocycles. The van der Waals surface area contributed by atoms with Crippen LogP contribution in [0.15, 0.2) is 11.6 Å². The van der Waals surface area contributed by atoms with Crippen molar-refractivity contribution in [1.29, 1.82) is 0 Å². The third kappa shape index (κ3) is 8.65. The number of rotatable bonds is 16. The van der Waals surface area contributed by atoms with Gasteiger partial charge < -0.3 is 34.7 Å². The van der Waals surface area contributed by atoms with E-state index < -0.39 is 6.09 Å². The highest BCUT2D eigenvalue weighted by molar-refractivity contribution is 5.70. The summed E-state index contributed by atoms with van der Waals surface area (Å²) in [5.41, 5.74) is 6.14. The Kier molecular flexibility index (Phi) is 11.7. The van der Waals surface area contributed by atoms with Crippen LogP contribution in [-0.4, -0.2) is 75.0 Å². The Bertz CT molecular complexity index is 839. The second-order valence-electron chi connectivity index (χ2n) is 12.3. The van der Waals surface area contributed by atoms with Crippen LogP contribution in [0.4, 0.5) is 4.79 Å². The Morgan fingerprint density at radius 2 is 1.90 bits per heavy atom. The molecule has 0 aromatic carbocycles. The number of epoxide rings is 2. The molecule has 3 N–H and O–H groups in total. The lowest BCUT2D eigenvalue weighted by Gasteiger charge is -2.42. The molecule has 9 nitrogen and oxygen atoms in total. The van der Waals surface area contributed by atoms with Crippen molar-refractivity contribution in [1.82, 2.24) is 5.32 Å². The molecule has 1 aliphatic carbocycles. The molecular formula is C30H52N2O7. The van der Waals surface area contributed by atoms with Gasteiger partial charge in [-0.25, -0.2) is 4.79 Å². The summed E-state index contributed by atoms with van der Waals surface area (Å²) in [5.74, 6) is -0.292. The zero-order valence-electron chi connectivity index (χ0n) is 25.0. The maximum Gasteiger partial charge on any atom is 0.407 e. The van der Waals surface area contributed by atoms with Crippen molar-refractivity contribution in [2.24, 2.45) is 23.5 Å². The number of carbonyl (C=O) groups is 2. The summed E-state index contributed by atoms with van der Waals surface area (Å²) >= 11 is 0. The summed E-state index contributed by atoms with van der Waals surface area (Å²) in [6, 6.07) is 0. The maximum absolute atomic E-state index is 13.1. The lowest BCUT2D eigenvalue weighted by Crippen LogP contribution is -2.55. The minimum Gasteiger partial charge on any atom is -0.460 e. The number of nitrogens with one attached hydrogen (secondary N) is 1. The first kappa shape index (κ1) is 31.8. The lowest BCUT2D eigenvalue weighted by atomic mass is 9.68. The number of hydrogen-bond donors (Lipinski definition) is 2. The minimum atomic E-state index is -0.447. The van der Waals surface area contributed by atoms with Gasteiger partial charge in [-0.3, -0.25) is 4.79 Å². The van der Waals surface area contributed by atoms with Crippen molar-refractivity contribution in [3.63, 3.8) is 0 Å². The number of methoxy groups -OCH3 is 1. The third-order valence-corrected chi connectivity index (χ3v) is 8.72. The molecule has 3 unspecified atom stereocenters. The topological polar surface area (TPSA) is 125 Å². The van der Waals surface area contributed by atoms with Gasteiger partial charge in [0.15, 0.2) is 0 Å². The average molecular weight is 553 g/mol. The molecule has 2 saturated heterocycles. The van der Waals surface area contributed by atoms with Crippen LogP contribution in [0.1, 0.15) is 86.0 Å². The zero-order chi connectivity index (χ0) is 28.6. The Morgan fingerprint density at radius 1 is 1.18 bits per heavy atom. The summed E-state index contributed by atoms with van der Waals surface area (Å²) in [6.45, 7) is 12.5. The molecule has 39 heavy (non-hydrogen) atoms. The van der Waals surface area contributed by atoms with Gasteiger partial charge in [-0.1, -0.05) is 38.3 Å². The van der Waals surface area contributed by atoms with Gasteiger partial charge in [0.2, 0.25) is 0 Å². The molecule has 7 atom stereocenters. The number of carbonyl (C=O) groups excluding carboxylic acids is 2. The van der Waals surface area contributed by atoms with Gasteiger partial charge >= 0.3 is 12.1 Å². The van der Waals surface area contributed by atoms with Gasteiger partial charge in [-0.15, -0.1) is 0 Å². The van der Waals surface area contributed by atoms with E-state index in [0.29, 0.717) is 26.1 Å². The number of ether oxygens (including phenoxy) is 5. The minimum absolute atomic E-state index is 0.0136. The fourth-order valence-electron chi connectivity index (χ4n) is 6.04. The van der Waals surface area contributed by atoms with Crippen LogP contribution in [0.3, 0.4) is 0 Å². The third-order valence-electron chi connectivity index (χ3n) is 8.72. The van der Waals surface area contributed by atoms with Gasteiger partial charge in [-0.2, -0.15) is 0 Å². The van der Waals surface area contributed by atoms with E-state index in [0.717, 1.165) is 38.5 Å². The van der Waals surface area contributed by atoms with E-state index in [-0.39, 0.29) is 66.3 Å². The van der Waals surface area contributed by atoms with Crippen molar-refractivity contribution in [2.75, 3.05) is 33.4 Å². The highest BCUT2D eigenvalue weighted by atomic mass is 16.6. The van der Waals surface area contributed by atoms with Gasteiger partial charge in [0, 0.05) is 19.6 Å². The second kappa shape index (κ2) is 14.3. The van der Waals surface area contributed by atoms with E-state index in [4.69, 9.17) is 29.4 Å². The fourth-order valence-corrected chi connectivity index (χ4v) is 6.04. The first-order valence-electron chi connectivity index (χ1n) is 14.8. The normalized spacial score (nSPS) is 32.0. The van der Waals surface area contributed by atoms with Crippen LogP contribution in [0.25, 0.3) is 0 Å². The summed E-state index contributed by atoms with van der Waals surface area (Å²) in [6.07, 6.45) is 7.69. The predicted molar refractivity (Wildman–Crippen MR) is 149 cm³/mol. The average Bonchev–Trinajstić information content (AvgIpc) is 3.80. The Labute approximate surface area is 234 Å². The SMILES string of the molecule is COC1C(OC(=O)C[C@@H](COC(=O)NCCCCCCN)C(C)C)CC[C@]2(CO2)C1[C@]1(C)O[C@@H]1CC=C(C)C. The molecular weight excluding hydrogens is 500 g/mol. The lowest BCUT2D eigenvalue weighted by molar-refractivity contribution is -0.173. The second-order valence-corrected chi connectivity index (χ2v) is 12.3. The zero-order valence-corrected chi connectivity index (χ0v) is 25.0. The quantitative estimate of drug-likeness (QED) is 0.124. The van der Waals surface area contributed by atoms with Gasteiger partial charge in [-0.05, 0) is 65.3 Å². The molecule has 1 spiro atoms. The Balaban J connectivity index is 1.51. The molecule has 0 bridgehead atoms. The highest BCUT2D eigenvalue weighted by Gasteiger charge is 2.72. The first-order valence-corrected chi connectivity index (χ1v) is 14.8. The van der Waals surface area contributed by atoms with Gasteiger partial charge in [0.25, 0.3) is 0 Å². The smallest absolute Gasteiger partial charge is 0.407 e. The van der Waals surface area contributed by atoms with Crippen molar-refractivity contribution in [3.8, 4) is 0 Å². The largest absolute Gasteiger partial charge is 0.460 e. The van der Waals surface area contributed by atoms with E-state index in [9.17, 15) is 9.59 Å². The van der Waals surface area contributed by atoms with Crippen LogP contribution in [0.2, 0.25) is 0 Å². The molecule has 0 radical (unpaired) electrons. The van der Waals surface area contributed by atoms with E-state index in [1.165, 1.54) is 5.57 Å². The first-order chi connectivity index (χ1) is 18.6. The molecule has 1 amide bonds. The summed E-state index contributed by atoms with van der Waals surface area (Å²) in [5, 5.41) is 2.79. The number of allylic oxidation sites excluding steroid dienone is 1. The van der Waals surface area contributed by atoms with E-state index in [2.05, 4.69) is 32.2 Å². The van der Waals surface area contributed by atoms with Crippen LogP contribution in [0, 0.1) is 17.8 Å². The fraction of sp³-hybridized carbons (Fsp3) is 0.867. The molecule has 0 aromatic heterocycles. The van der Waals surface area contributed by atoms with Crippen molar-refractivity contribution in [3.05, 3.63) is 11.6 Å². The summed E-state index contributed by atoms with van der Waals surface area (Å²) in [7, 11) is 1.68. The predicted octanol–water partition coefficient (Wildman–Crippen LogP) is 4.51. The van der Waals surface area contributed by atoms with E-state index in [1.807, 2.05) is 13.8 Å². The molecule has 2 heterocycles. The summed E-state index contributed by atoms with van der Waals surface area (Å²) in [4.78, 5) is 25.3. The van der Waals surface area contributed by atoms with Crippen LogP contribution >= 0.6 is 0 Å². The van der Waals surface area contributed by atoms with Crippen LogP contribution in [0.5, 0.6) is 0 Å². The maximum atomic E-state index is 13.1. The molecule has 3 rings (SSSR count). The standard InChI is InChI=1S/C30H52N2O7/c1-20(2)11-12-24-29(5,39-24)27-26(35-6)23(13-14-30(27)19-37-30)38-25(33)17-22(21(3)4)18-36-28(34)32-16-10-8-7-9-15-31/h11,21-24,26-27H,7-10,12-19,31H2,1-6H3,(H,32,34)/t22-,23?,24+,26?,27?,29+,30-/m0/s1. The number of alkyl carbamates (subject to hydrolysis) is 1. The molecule has 0 aromatic rings. The molecule has 224 valence electrons. The van der Waals surface area contributed by atoms with Gasteiger partial charge in [0.05, 0.1) is 31.7 Å². The Hall–Kier alpha value is -1.68. The number of hydrogen-bond acceptors (Lipinski definition) is 8. The van der Waals surface area contributed by atoms with Crippen molar-refractivity contribution < 1.29 is 33.3 Å². The van der Waals surface area contributed by atoms with E-state index in [1.54, 1.807) is 7.11 Å². The monoisotopic (exact) mass is 552 g/mol. The number of nitrogens with two attached hydrogens (primary N) is 1. The Morgan fingerprint density at radius 3 is 2.51 bits per heavy atom. The number of unbranched alkanes of at least 4 members (excludes halogenated alkanes) is 3. The highest BCUT2D eigenvalue weighted by Crippen LogP contribution is 2.59. The number of esters is 1. The summed E-state index contributed by atoms with van der Waals surface area (Å²) < 4.78 is 29.7. The molecule has 3 fully saturated rings. The van der Waals surface area contributed by atoms with Gasteiger partial charge in [0.1, 0.15) is 23.4 Å². The number of amides is 1. The van der Waals surface area contributed by atoms with Crippen molar-refractivity contribution >= 4 is 12.1 Å². The molecule has 3 aliphatic rings. The molecule has 9 heteroatoms. The van der Waals surface area contributed by atoms with Crippen molar-refractivity contribution in [2.45, 2.75) is 115 Å². The van der Waals surface area contributed by atoms with Crippen LogP contribution < -0.4 is 11.1 Å². The van der Waals surface area contributed by atoms with Crippen LogP contribution in [-0.2, 0) is 28.5 Å².